The first-order valence-corrected chi connectivity index (χ1v) is 10.1. The van der Waals surface area contributed by atoms with Gasteiger partial charge in [0.15, 0.2) is 0 Å². The Labute approximate surface area is 177 Å². The van der Waals surface area contributed by atoms with Crippen molar-refractivity contribution in [2.75, 3.05) is 0 Å². The number of hydrogen-bond donors (Lipinski definition) is 1. The molecular weight excluding hydrogens is 415 g/mol. The van der Waals surface area contributed by atoms with E-state index in [1.807, 2.05) is 0 Å². The Morgan fingerprint density at radius 2 is 1.77 bits per heavy atom. The highest BCUT2D eigenvalue weighted by Gasteiger charge is 2.44. The highest BCUT2D eigenvalue weighted by atomic mass is 19.4. The SMILES string of the molecule is C=C(C=N/C(=C\C)C1=C(C(F)(F)F)CC2CCCC2C1)NC(=O)c1c(F)cccc1F. The van der Waals surface area contributed by atoms with Gasteiger partial charge in [0.25, 0.3) is 5.91 Å². The van der Waals surface area contributed by atoms with Gasteiger partial charge in [-0.15, -0.1) is 0 Å². The number of alkyl halides is 3. The fourth-order valence-electron chi connectivity index (χ4n) is 4.40. The molecule has 1 aromatic carbocycles. The predicted molar refractivity (Wildman–Crippen MR) is 108 cm³/mol. The molecule has 3 nitrogen and oxygen atoms in total. The summed E-state index contributed by atoms with van der Waals surface area (Å²) in [5, 5.41) is 2.21. The third-order valence-electron chi connectivity index (χ3n) is 5.86. The molecule has 31 heavy (non-hydrogen) atoms. The third-order valence-corrected chi connectivity index (χ3v) is 5.86. The fourth-order valence-corrected chi connectivity index (χ4v) is 4.40. The van der Waals surface area contributed by atoms with Crippen molar-refractivity contribution in [3.8, 4) is 0 Å². The molecule has 1 saturated carbocycles. The van der Waals surface area contributed by atoms with Crippen LogP contribution in [-0.4, -0.2) is 18.3 Å². The quantitative estimate of drug-likeness (QED) is 0.428. The molecule has 0 aromatic heterocycles. The number of carbonyl (C=O) groups is 1. The molecule has 0 bridgehead atoms. The number of carbonyl (C=O) groups excluding carboxylic acids is 1. The van der Waals surface area contributed by atoms with Crippen molar-refractivity contribution in [1.29, 1.82) is 0 Å². The second kappa shape index (κ2) is 9.16. The summed E-state index contributed by atoms with van der Waals surface area (Å²) in [5.41, 5.74) is -1.11. The first kappa shape index (κ1) is 22.9. The van der Waals surface area contributed by atoms with Crippen LogP contribution in [0.3, 0.4) is 0 Å². The Morgan fingerprint density at radius 1 is 1.16 bits per heavy atom. The van der Waals surface area contributed by atoms with Gasteiger partial charge in [-0.3, -0.25) is 9.79 Å². The van der Waals surface area contributed by atoms with Crippen molar-refractivity contribution in [2.45, 2.75) is 45.2 Å². The molecule has 1 aromatic rings. The van der Waals surface area contributed by atoms with E-state index >= 15 is 0 Å². The number of halogens is 5. The van der Waals surface area contributed by atoms with Crippen LogP contribution in [0.2, 0.25) is 0 Å². The van der Waals surface area contributed by atoms with Gasteiger partial charge in [-0.25, -0.2) is 8.78 Å². The summed E-state index contributed by atoms with van der Waals surface area (Å²) in [4.78, 5) is 16.2. The largest absolute Gasteiger partial charge is 0.413 e. The predicted octanol–water partition coefficient (Wildman–Crippen LogP) is 6.25. The maximum Gasteiger partial charge on any atom is 0.413 e. The number of fused-ring (bicyclic) bond motifs is 1. The molecular formula is C23H23F5N2O. The van der Waals surface area contributed by atoms with Gasteiger partial charge in [0.1, 0.15) is 17.2 Å². The topological polar surface area (TPSA) is 41.5 Å². The van der Waals surface area contributed by atoms with Gasteiger partial charge < -0.3 is 5.32 Å². The van der Waals surface area contributed by atoms with Crippen molar-refractivity contribution in [2.24, 2.45) is 16.8 Å². The zero-order chi connectivity index (χ0) is 22.8. The Kier molecular flexibility index (Phi) is 6.77. The van der Waals surface area contributed by atoms with Crippen LogP contribution in [0.1, 0.15) is 49.4 Å². The minimum absolute atomic E-state index is 0.0133. The van der Waals surface area contributed by atoms with Gasteiger partial charge >= 0.3 is 6.18 Å². The van der Waals surface area contributed by atoms with Crippen LogP contribution in [0, 0.1) is 23.5 Å². The van der Waals surface area contributed by atoms with Crippen LogP contribution in [0.4, 0.5) is 22.0 Å². The lowest BCUT2D eigenvalue weighted by Gasteiger charge is -2.31. The molecule has 1 amide bonds. The number of hydrogen-bond acceptors (Lipinski definition) is 2. The molecule has 2 aliphatic rings. The fraction of sp³-hybridized carbons (Fsp3) is 0.391. The zero-order valence-electron chi connectivity index (χ0n) is 17.0. The Hall–Kier alpha value is -2.77. The minimum Gasteiger partial charge on any atom is -0.321 e. The molecule has 166 valence electrons. The molecule has 1 fully saturated rings. The van der Waals surface area contributed by atoms with Gasteiger partial charge in [0.05, 0.1) is 17.6 Å². The molecule has 0 spiro atoms. The lowest BCUT2D eigenvalue weighted by atomic mass is 9.76. The van der Waals surface area contributed by atoms with E-state index in [1.165, 1.54) is 6.08 Å². The van der Waals surface area contributed by atoms with Gasteiger partial charge in [-0.2, -0.15) is 13.2 Å². The summed E-state index contributed by atoms with van der Waals surface area (Å²) in [6, 6.07) is 3.01. The molecule has 1 N–H and O–H groups in total. The number of benzene rings is 1. The van der Waals surface area contributed by atoms with Crippen molar-refractivity contribution in [1.82, 2.24) is 5.32 Å². The number of rotatable bonds is 5. The van der Waals surface area contributed by atoms with Gasteiger partial charge in [0, 0.05) is 5.57 Å². The summed E-state index contributed by atoms with van der Waals surface area (Å²) in [6.07, 6.45) is 1.05. The second-order valence-electron chi connectivity index (χ2n) is 7.82. The monoisotopic (exact) mass is 438 g/mol. The maximum absolute atomic E-state index is 13.7. The normalized spacial score (nSPS) is 22.1. The van der Waals surface area contributed by atoms with Crippen LogP contribution in [0.25, 0.3) is 0 Å². The molecule has 0 heterocycles. The molecule has 0 aliphatic heterocycles. The summed E-state index contributed by atoms with van der Waals surface area (Å²) in [6.45, 7) is 5.15. The lowest BCUT2D eigenvalue weighted by Crippen LogP contribution is -2.26. The van der Waals surface area contributed by atoms with E-state index in [0.717, 1.165) is 43.7 Å². The van der Waals surface area contributed by atoms with Gasteiger partial charge in [-0.05, 0) is 62.1 Å². The second-order valence-corrected chi connectivity index (χ2v) is 7.82. The molecule has 8 heteroatoms. The Bertz CT molecular complexity index is 954. The van der Waals surface area contributed by atoms with Crippen molar-refractivity contribution in [3.63, 3.8) is 0 Å². The summed E-state index contributed by atoms with van der Waals surface area (Å²) in [5.74, 6) is -2.88. The molecule has 2 aliphatic carbocycles. The highest BCUT2D eigenvalue weighted by molar-refractivity contribution is 5.99. The minimum atomic E-state index is -4.44. The third kappa shape index (κ3) is 5.11. The first-order valence-electron chi connectivity index (χ1n) is 10.1. The number of nitrogens with zero attached hydrogens (tertiary/aromatic N) is 1. The summed E-state index contributed by atoms with van der Waals surface area (Å²) in [7, 11) is 0. The molecule has 2 atom stereocenters. The van der Waals surface area contributed by atoms with Crippen LogP contribution in [0.5, 0.6) is 0 Å². The van der Waals surface area contributed by atoms with E-state index in [9.17, 15) is 26.7 Å². The number of aliphatic imine (C=N–C) groups is 1. The van der Waals surface area contributed by atoms with E-state index in [2.05, 4.69) is 16.9 Å². The zero-order valence-corrected chi connectivity index (χ0v) is 17.0. The Morgan fingerprint density at radius 3 is 2.35 bits per heavy atom. The van der Waals surface area contributed by atoms with Crippen LogP contribution in [0.15, 0.2) is 58.4 Å². The molecule has 0 saturated heterocycles. The van der Waals surface area contributed by atoms with E-state index in [4.69, 9.17) is 0 Å². The van der Waals surface area contributed by atoms with Crippen LogP contribution in [-0.2, 0) is 0 Å². The average Bonchev–Trinajstić information content (AvgIpc) is 3.14. The first-order chi connectivity index (χ1) is 14.6. The van der Waals surface area contributed by atoms with E-state index in [-0.39, 0.29) is 35.2 Å². The highest BCUT2D eigenvalue weighted by Crippen LogP contribution is 2.50. The Balaban J connectivity index is 1.79. The standard InChI is InChI=1S/C23H23F5N2O/c1-3-20(16-10-14-6-4-7-15(14)11-17(16)23(26,27)28)29-12-13(2)30-22(31)21-18(24)8-5-9-19(21)25/h3,5,8-9,12,14-15H,2,4,6-7,10-11H2,1H3,(H,30,31)/b20-3-,29-12?. The lowest BCUT2D eigenvalue weighted by molar-refractivity contribution is -0.0979. The van der Waals surface area contributed by atoms with E-state index in [1.54, 1.807) is 6.92 Å². The number of nitrogens with one attached hydrogen (secondary N) is 1. The number of amides is 1. The molecule has 3 rings (SSSR count). The van der Waals surface area contributed by atoms with E-state index < -0.39 is 34.9 Å². The number of allylic oxidation sites excluding steroid dienone is 4. The maximum atomic E-state index is 13.7. The van der Waals surface area contributed by atoms with Crippen molar-refractivity contribution >= 4 is 12.1 Å². The summed E-state index contributed by atoms with van der Waals surface area (Å²) >= 11 is 0. The average molecular weight is 438 g/mol. The van der Waals surface area contributed by atoms with Crippen LogP contribution < -0.4 is 5.32 Å². The van der Waals surface area contributed by atoms with Gasteiger partial charge in [0.2, 0.25) is 0 Å². The van der Waals surface area contributed by atoms with E-state index in [0.29, 0.717) is 6.42 Å². The smallest absolute Gasteiger partial charge is 0.321 e. The van der Waals surface area contributed by atoms with Crippen LogP contribution >= 0.6 is 0 Å². The molecule has 2 unspecified atom stereocenters. The molecule has 0 radical (unpaired) electrons. The van der Waals surface area contributed by atoms with Crippen molar-refractivity contribution < 1.29 is 26.7 Å². The summed E-state index contributed by atoms with van der Waals surface area (Å²) < 4.78 is 68.6. The van der Waals surface area contributed by atoms with Crippen molar-refractivity contribution in [3.05, 3.63) is 70.6 Å². The van der Waals surface area contributed by atoms with Gasteiger partial charge in [-0.1, -0.05) is 25.1 Å².